The molecule has 2 aromatic heterocycles. The molecule has 0 radical (unpaired) electrons. The number of hydrogen-bond acceptors (Lipinski definition) is 20. The average molecular weight is 1650 g/mol. The molecule has 0 aromatic carbocycles. The number of hydroxylamine groups is 8. The van der Waals surface area contributed by atoms with Gasteiger partial charge in [0.1, 0.15) is 5.82 Å². The number of piperidine rings is 5. The van der Waals surface area contributed by atoms with Crippen LogP contribution in [0.15, 0.2) is 0 Å². The molecule has 8 rings (SSSR count). The van der Waals surface area contributed by atoms with Crippen LogP contribution >= 0.6 is 0 Å². The molecule has 1 aliphatic carbocycles. The Kier molecular flexibility index (Phi) is 34.4. The van der Waals surface area contributed by atoms with E-state index in [1.807, 2.05) is 0 Å². The molecule has 20 nitrogen and oxygen atoms in total. The van der Waals surface area contributed by atoms with Gasteiger partial charge < -0.3 is 24.5 Å². The molecule has 1 saturated carbocycles. The lowest BCUT2D eigenvalue weighted by Crippen LogP contribution is -2.64. The zero-order chi connectivity index (χ0) is 87.8. The molecular weight excluding hydrogens is 1470 g/mol. The van der Waals surface area contributed by atoms with Gasteiger partial charge in [-0.25, -0.2) is 0 Å². The Morgan fingerprint density at radius 2 is 0.508 bits per heavy atom. The summed E-state index contributed by atoms with van der Waals surface area (Å²) in [6.07, 6.45) is 29.4. The largest absolute Gasteiger partial charge is 0.338 e. The number of unbranched alkanes of at least 4 members (excludes halogenated alkanes) is 7. The zero-order valence-corrected chi connectivity index (χ0v) is 83.3. The second-order valence-corrected chi connectivity index (χ2v) is 46.1. The Bertz CT molecular complexity index is 3060. The highest BCUT2D eigenvalue weighted by Crippen LogP contribution is 2.57. The van der Waals surface area contributed by atoms with E-state index in [0.717, 1.165) is 254 Å². The second kappa shape index (κ2) is 40.5. The fourth-order valence-corrected chi connectivity index (χ4v) is 24.2. The van der Waals surface area contributed by atoms with Crippen molar-refractivity contribution in [3.8, 4) is 0 Å². The van der Waals surface area contributed by atoms with Gasteiger partial charge in [-0.1, -0.05) is 135 Å². The van der Waals surface area contributed by atoms with Gasteiger partial charge in [0.2, 0.25) is 29.7 Å². The quantitative estimate of drug-likeness (QED) is 0.0579. The third-order valence-corrected chi connectivity index (χ3v) is 29.5. The van der Waals surface area contributed by atoms with Gasteiger partial charge in [0.05, 0.1) is 26.4 Å². The third-order valence-electron chi connectivity index (χ3n) is 29.5. The summed E-state index contributed by atoms with van der Waals surface area (Å²) in [5.74, 6) is 6.46. The van der Waals surface area contributed by atoms with E-state index >= 15 is 0 Å². The molecule has 7 heterocycles. The van der Waals surface area contributed by atoms with Gasteiger partial charge in [0.15, 0.2) is 0 Å². The first-order chi connectivity index (χ1) is 54.9. The van der Waals surface area contributed by atoms with Gasteiger partial charge in [0, 0.05) is 124 Å². The molecular formula is C98H186N16O4. The van der Waals surface area contributed by atoms with Gasteiger partial charge in [-0.15, -0.1) is 0 Å². The van der Waals surface area contributed by atoms with Gasteiger partial charge >= 0.3 is 0 Å². The van der Waals surface area contributed by atoms with Crippen LogP contribution in [0, 0.1) is 22.7 Å². The Morgan fingerprint density at radius 3 is 0.737 bits per heavy atom. The number of anilines is 5. The SMILES string of the molecule is CCCCC(c1nc(N(CCCC)C2CC(C)(C)N(OCCC)C(C)(C)C2)nc(N(CCCCCCN(c2nc(N(CCCC)C3CC(C)(C)N(C)C(C)(C)C3)nc(N(CCCC)C3CC(C)(C)N(OCCC)C(C)(C)C3)n2)C2CC(C)(C)N(OCCC)C(C)(C)C2)C2CC(C)(C)N(OCCC)C(C)(C)C2)n1)C1CC(C)(C)C(C)C(C)(C)C1. The van der Waals surface area contributed by atoms with Crippen molar-refractivity contribution < 1.29 is 19.4 Å². The maximum absolute atomic E-state index is 6.86. The van der Waals surface area contributed by atoms with Crippen LogP contribution in [-0.2, 0) is 19.4 Å². The second-order valence-electron chi connectivity index (χ2n) is 46.1. The summed E-state index contributed by atoms with van der Waals surface area (Å²) in [7, 11) is 2.34. The predicted molar refractivity (Wildman–Crippen MR) is 497 cm³/mol. The van der Waals surface area contributed by atoms with E-state index in [2.05, 4.69) is 285 Å². The normalized spacial score (nSPS) is 25.1. The minimum absolute atomic E-state index is 0.0419. The predicted octanol–water partition coefficient (Wildman–Crippen LogP) is 23.2. The van der Waals surface area contributed by atoms with Crippen molar-refractivity contribution in [2.45, 2.75) is 506 Å². The summed E-state index contributed by atoms with van der Waals surface area (Å²) < 4.78 is 0. The van der Waals surface area contributed by atoms with Crippen molar-refractivity contribution >= 4 is 29.7 Å². The third kappa shape index (κ3) is 24.1. The Balaban J connectivity index is 1.28. The van der Waals surface area contributed by atoms with Gasteiger partial charge in [-0.3, -0.25) is 24.3 Å². The molecule has 5 aliphatic heterocycles. The van der Waals surface area contributed by atoms with E-state index in [0.29, 0.717) is 38.3 Å². The number of likely N-dealkylation sites (tertiary alicyclic amines) is 1. The molecule has 2 aromatic rings. The highest BCUT2D eigenvalue weighted by molar-refractivity contribution is 5.50. The van der Waals surface area contributed by atoms with E-state index in [1.165, 1.54) is 0 Å². The van der Waals surface area contributed by atoms with Crippen molar-refractivity contribution in [2.24, 2.45) is 22.7 Å². The van der Waals surface area contributed by atoms with E-state index in [9.17, 15) is 0 Å². The molecule has 1 unspecified atom stereocenters. The van der Waals surface area contributed by atoms with E-state index in [-0.39, 0.29) is 102 Å². The summed E-state index contributed by atoms with van der Waals surface area (Å²) in [4.78, 5) is 79.6. The summed E-state index contributed by atoms with van der Waals surface area (Å²) >= 11 is 0. The fourth-order valence-electron chi connectivity index (χ4n) is 24.2. The van der Waals surface area contributed by atoms with Gasteiger partial charge in [-0.2, -0.15) is 50.2 Å². The van der Waals surface area contributed by atoms with Crippen LogP contribution < -0.4 is 24.5 Å². The first kappa shape index (κ1) is 100. The summed E-state index contributed by atoms with van der Waals surface area (Å²) in [6.45, 7) is 86.4. The lowest BCUT2D eigenvalue weighted by molar-refractivity contribution is -0.282. The van der Waals surface area contributed by atoms with E-state index < -0.39 is 0 Å². The average Bonchev–Trinajstić information content (AvgIpc) is 0.754. The first-order valence-electron chi connectivity index (χ1n) is 48.7. The number of hydrogen-bond donors (Lipinski definition) is 0. The number of nitrogens with zero attached hydrogens (tertiary/aromatic N) is 16. The minimum Gasteiger partial charge on any atom is -0.338 e. The number of aromatic nitrogens is 6. The Morgan fingerprint density at radius 1 is 0.288 bits per heavy atom. The molecule has 118 heavy (non-hydrogen) atoms. The fraction of sp³-hybridized carbons (Fsp3) is 0.939. The zero-order valence-electron chi connectivity index (χ0n) is 83.3. The van der Waals surface area contributed by atoms with Crippen LogP contribution in [0.1, 0.15) is 426 Å². The lowest BCUT2D eigenvalue weighted by Gasteiger charge is -2.56. The van der Waals surface area contributed by atoms with Crippen LogP contribution in [0.25, 0.3) is 0 Å². The standard InChI is InChI=1S/C98H186N16O4/c1-35-43-51-80(74-61-87(10,11)73(9)88(12,13)62-74)81-99-82(106(52-44-36-2)76-65-91(18,19)111(115-57-39-5)92(20,21)66-76)101-83(100-81)109(78-69-95(26,27)113(117-59-41-7)96(28,29)70-78)55-49-47-48-50-56-110(79-71-97(30,31)114(118-60-42-8)98(32,33)72-79)86-103-84(107(53-45-37-3)75-63-89(14,15)105(34)90(16,17)64-75)102-85(104-86)108(54-46-38-4)77-67-93(22,23)112(116-58-40-6)94(24,25)68-77/h73-80H,35-72H2,1-34H3. The molecule has 0 spiro atoms. The van der Waals surface area contributed by atoms with E-state index in [4.69, 9.17) is 49.3 Å². The Labute approximate surface area is 725 Å². The van der Waals surface area contributed by atoms with Gasteiger partial charge in [0.25, 0.3) is 0 Å². The minimum atomic E-state index is -0.284. The van der Waals surface area contributed by atoms with Crippen molar-refractivity contribution in [2.75, 3.05) is 90.7 Å². The van der Waals surface area contributed by atoms with Crippen molar-refractivity contribution in [1.29, 1.82) is 0 Å². The first-order valence-corrected chi connectivity index (χ1v) is 48.7. The van der Waals surface area contributed by atoms with Crippen LogP contribution in [0.5, 0.6) is 0 Å². The van der Waals surface area contributed by atoms with Crippen molar-refractivity contribution in [1.82, 2.24) is 55.1 Å². The molecule has 20 heteroatoms. The summed E-state index contributed by atoms with van der Waals surface area (Å²) in [6, 6.07) is 0.847. The van der Waals surface area contributed by atoms with Crippen molar-refractivity contribution in [3.05, 3.63) is 5.82 Å². The lowest BCUT2D eigenvalue weighted by atomic mass is 9.53. The monoisotopic (exact) mass is 1650 g/mol. The Hall–Kier alpha value is -3.34. The van der Waals surface area contributed by atoms with Gasteiger partial charge in [-0.05, 0) is 309 Å². The van der Waals surface area contributed by atoms with Crippen LogP contribution in [0.4, 0.5) is 29.7 Å². The van der Waals surface area contributed by atoms with E-state index in [1.54, 1.807) is 0 Å². The molecule has 1 atom stereocenters. The molecule has 0 bridgehead atoms. The highest BCUT2D eigenvalue weighted by atomic mass is 16.7. The molecule has 682 valence electrons. The van der Waals surface area contributed by atoms with Crippen molar-refractivity contribution in [3.63, 3.8) is 0 Å². The highest BCUT2D eigenvalue weighted by Gasteiger charge is 2.56. The van der Waals surface area contributed by atoms with Crippen LogP contribution in [-0.4, -0.2) is 207 Å². The summed E-state index contributed by atoms with van der Waals surface area (Å²) in [5.41, 5.74) is -1.81. The van der Waals surface area contributed by atoms with Crippen LogP contribution in [0.3, 0.4) is 0 Å². The molecule has 0 amide bonds. The smallest absolute Gasteiger partial charge is 0.232 e. The maximum atomic E-state index is 6.86. The molecule has 6 aliphatic rings. The maximum Gasteiger partial charge on any atom is 0.232 e. The van der Waals surface area contributed by atoms with Crippen LogP contribution in [0.2, 0.25) is 0 Å². The molecule has 0 N–H and O–H groups in total. The molecule has 5 saturated heterocycles. The topological polar surface area (TPSA) is 147 Å². The number of rotatable bonds is 43. The molecule has 6 fully saturated rings. The summed E-state index contributed by atoms with van der Waals surface area (Å²) in [5, 5.41) is 9.42.